The van der Waals surface area contributed by atoms with Crippen LogP contribution in [-0.4, -0.2) is 19.8 Å². The maximum absolute atomic E-state index is 5.45. The second-order valence-corrected chi connectivity index (χ2v) is 3.29. The van der Waals surface area contributed by atoms with E-state index in [1.54, 1.807) is 6.26 Å². The van der Waals surface area contributed by atoms with E-state index in [4.69, 9.17) is 19.6 Å². The van der Waals surface area contributed by atoms with Crippen molar-refractivity contribution < 1.29 is 13.9 Å². The Morgan fingerprint density at radius 1 is 1.27 bits per heavy atom. The second kappa shape index (κ2) is 7.45. The Morgan fingerprint density at radius 3 is 2.73 bits per heavy atom. The lowest BCUT2D eigenvalue weighted by molar-refractivity contribution is 0.0350. The number of hydrogen-bond donors (Lipinski definition) is 1. The topological polar surface area (TPSA) is 57.6 Å². The summed E-state index contributed by atoms with van der Waals surface area (Å²) in [5.74, 6) is 0.811. The molecular formula is C11H19NO3. The van der Waals surface area contributed by atoms with Crippen LogP contribution in [0.2, 0.25) is 0 Å². The Balaban J connectivity index is 2.04. The fourth-order valence-corrected chi connectivity index (χ4v) is 1.15. The Morgan fingerprint density at radius 2 is 2.07 bits per heavy atom. The Labute approximate surface area is 90.3 Å². The zero-order valence-corrected chi connectivity index (χ0v) is 9.20. The molecule has 0 aliphatic rings. The SMILES string of the molecule is CCCOCCOCc1cc(CN)co1. The van der Waals surface area contributed by atoms with Crippen LogP contribution in [-0.2, 0) is 22.6 Å². The van der Waals surface area contributed by atoms with Crippen molar-refractivity contribution in [3.8, 4) is 0 Å². The van der Waals surface area contributed by atoms with E-state index >= 15 is 0 Å². The van der Waals surface area contributed by atoms with E-state index in [1.807, 2.05) is 6.07 Å². The van der Waals surface area contributed by atoms with E-state index in [9.17, 15) is 0 Å². The molecule has 1 aromatic rings. The maximum atomic E-state index is 5.45. The summed E-state index contributed by atoms with van der Waals surface area (Å²) in [4.78, 5) is 0. The monoisotopic (exact) mass is 213 g/mol. The fourth-order valence-electron chi connectivity index (χ4n) is 1.15. The van der Waals surface area contributed by atoms with E-state index in [0.717, 1.165) is 24.4 Å². The summed E-state index contributed by atoms with van der Waals surface area (Å²) in [7, 11) is 0. The summed E-state index contributed by atoms with van der Waals surface area (Å²) in [6.07, 6.45) is 2.70. The molecule has 4 heteroatoms. The van der Waals surface area contributed by atoms with Crippen molar-refractivity contribution in [3.05, 3.63) is 23.7 Å². The lowest BCUT2D eigenvalue weighted by Gasteiger charge is -2.02. The van der Waals surface area contributed by atoms with Gasteiger partial charge >= 0.3 is 0 Å². The number of furan rings is 1. The minimum absolute atomic E-state index is 0.482. The first-order chi connectivity index (χ1) is 7.36. The van der Waals surface area contributed by atoms with Gasteiger partial charge in [0.1, 0.15) is 12.4 Å². The second-order valence-electron chi connectivity index (χ2n) is 3.29. The Kier molecular flexibility index (Phi) is 6.08. The van der Waals surface area contributed by atoms with Gasteiger partial charge in [-0.15, -0.1) is 0 Å². The Bertz CT molecular complexity index is 260. The summed E-state index contributed by atoms with van der Waals surface area (Å²) in [6, 6.07) is 1.91. The summed E-state index contributed by atoms with van der Waals surface area (Å²) < 4.78 is 15.9. The van der Waals surface area contributed by atoms with E-state index in [-0.39, 0.29) is 0 Å². The largest absolute Gasteiger partial charge is 0.467 e. The third-order valence-electron chi connectivity index (χ3n) is 1.91. The van der Waals surface area contributed by atoms with Gasteiger partial charge in [-0.2, -0.15) is 0 Å². The predicted octanol–water partition coefficient (Wildman–Crippen LogP) is 1.68. The molecule has 0 aliphatic carbocycles. The zero-order chi connectivity index (χ0) is 10.9. The quantitative estimate of drug-likeness (QED) is 0.667. The highest BCUT2D eigenvalue weighted by Crippen LogP contribution is 2.07. The number of nitrogens with two attached hydrogens (primary N) is 1. The van der Waals surface area contributed by atoms with Crippen molar-refractivity contribution in [3.63, 3.8) is 0 Å². The van der Waals surface area contributed by atoms with Gasteiger partial charge < -0.3 is 19.6 Å². The van der Waals surface area contributed by atoms with Gasteiger partial charge in [0.2, 0.25) is 0 Å². The third kappa shape index (κ3) is 4.97. The van der Waals surface area contributed by atoms with Crippen LogP contribution in [0.1, 0.15) is 24.7 Å². The average Bonchev–Trinajstić information content (AvgIpc) is 2.71. The molecule has 86 valence electrons. The molecule has 0 aromatic carbocycles. The van der Waals surface area contributed by atoms with E-state index < -0.39 is 0 Å². The number of ether oxygens (including phenoxy) is 2. The highest BCUT2D eigenvalue weighted by molar-refractivity contribution is 5.11. The van der Waals surface area contributed by atoms with Gasteiger partial charge in [0.15, 0.2) is 0 Å². The minimum Gasteiger partial charge on any atom is -0.467 e. The maximum Gasteiger partial charge on any atom is 0.129 e. The molecule has 0 atom stereocenters. The van der Waals surface area contributed by atoms with Crippen LogP contribution in [0.15, 0.2) is 16.7 Å². The normalized spacial score (nSPS) is 10.8. The molecule has 0 saturated heterocycles. The lowest BCUT2D eigenvalue weighted by Crippen LogP contribution is -2.04. The molecular weight excluding hydrogens is 194 g/mol. The standard InChI is InChI=1S/C11H19NO3/c1-2-3-13-4-5-14-9-11-6-10(7-12)8-15-11/h6,8H,2-5,7,9,12H2,1H3. The summed E-state index contributed by atoms with van der Waals surface area (Å²) in [5, 5.41) is 0. The van der Waals surface area contributed by atoms with Crippen molar-refractivity contribution in [1.29, 1.82) is 0 Å². The Hall–Kier alpha value is -0.840. The van der Waals surface area contributed by atoms with Crippen LogP contribution in [0.25, 0.3) is 0 Å². The molecule has 4 nitrogen and oxygen atoms in total. The van der Waals surface area contributed by atoms with Crippen LogP contribution in [0.5, 0.6) is 0 Å². The highest BCUT2D eigenvalue weighted by Gasteiger charge is 2.00. The molecule has 15 heavy (non-hydrogen) atoms. The third-order valence-corrected chi connectivity index (χ3v) is 1.91. The van der Waals surface area contributed by atoms with Gasteiger partial charge in [0, 0.05) is 18.7 Å². The van der Waals surface area contributed by atoms with E-state index in [2.05, 4.69) is 6.92 Å². The molecule has 1 rings (SSSR count). The summed E-state index contributed by atoms with van der Waals surface area (Å²) in [6.45, 7) is 5.09. The highest BCUT2D eigenvalue weighted by atomic mass is 16.5. The average molecular weight is 213 g/mol. The van der Waals surface area contributed by atoms with Gasteiger partial charge in [-0.3, -0.25) is 0 Å². The summed E-state index contributed by atoms with van der Waals surface area (Å²) in [5.41, 5.74) is 6.45. The van der Waals surface area contributed by atoms with Crippen molar-refractivity contribution >= 4 is 0 Å². The van der Waals surface area contributed by atoms with Gasteiger partial charge in [0.05, 0.1) is 19.5 Å². The summed E-state index contributed by atoms with van der Waals surface area (Å²) >= 11 is 0. The molecule has 0 bridgehead atoms. The van der Waals surface area contributed by atoms with Crippen molar-refractivity contribution in [1.82, 2.24) is 0 Å². The number of hydrogen-bond acceptors (Lipinski definition) is 4. The van der Waals surface area contributed by atoms with E-state index in [1.165, 1.54) is 0 Å². The van der Waals surface area contributed by atoms with Crippen molar-refractivity contribution in [2.45, 2.75) is 26.5 Å². The molecule has 1 heterocycles. The van der Waals surface area contributed by atoms with Crippen LogP contribution in [0.3, 0.4) is 0 Å². The van der Waals surface area contributed by atoms with Crippen molar-refractivity contribution in [2.75, 3.05) is 19.8 Å². The molecule has 0 saturated carbocycles. The van der Waals surface area contributed by atoms with Gasteiger partial charge in [-0.25, -0.2) is 0 Å². The van der Waals surface area contributed by atoms with Crippen LogP contribution in [0.4, 0.5) is 0 Å². The molecule has 0 spiro atoms. The molecule has 0 unspecified atom stereocenters. The van der Waals surface area contributed by atoms with Crippen LogP contribution < -0.4 is 5.73 Å². The smallest absolute Gasteiger partial charge is 0.129 e. The molecule has 0 fully saturated rings. The zero-order valence-electron chi connectivity index (χ0n) is 9.20. The first-order valence-corrected chi connectivity index (χ1v) is 5.28. The first kappa shape index (κ1) is 12.2. The van der Waals surface area contributed by atoms with E-state index in [0.29, 0.717) is 26.4 Å². The molecule has 1 aromatic heterocycles. The first-order valence-electron chi connectivity index (χ1n) is 5.28. The predicted molar refractivity (Wildman–Crippen MR) is 57.4 cm³/mol. The van der Waals surface area contributed by atoms with Gasteiger partial charge in [-0.1, -0.05) is 6.92 Å². The van der Waals surface area contributed by atoms with Crippen LogP contribution >= 0.6 is 0 Å². The minimum atomic E-state index is 0.482. The van der Waals surface area contributed by atoms with Crippen molar-refractivity contribution in [2.24, 2.45) is 5.73 Å². The molecule has 0 aliphatic heterocycles. The van der Waals surface area contributed by atoms with Crippen LogP contribution in [0, 0.1) is 0 Å². The lowest BCUT2D eigenvalue weighted by atomic mass is 10.3. The molecule has 0 radical (unpaired) electrons. The molecule has 2 N–H and O–H groups in total. The fraction of sp³-hybridized carbons (Fsp3) is 0.636. The number of rotatable bonds is 8. The molecule has 0 amide bonds. The van der Waals surface area contributed by atoms with Gasteiger partial charge in [-0.05, 0) is 12.5 Å². The van der Waals surface area contributed by atoms with Gasteiger partial charge in [0.25, 0.3) is 0 Å².